The fourth-order valence-electron chi connectivity index (χ4n) is 2.39. The summed E-state index contributed by atoms with van der Waals surface area (Å²) in [6.45, 7) is 2.07. The number of nitrogens with zero attached hydrogens (tertiary/aromatic N) is 2. The average molecular weight is 235 g/mol. The Hall–Kier alpha value is -1.13. The Bertz CT molecular complexity index is 339. The Balaban J connectivity index is 2.09. The molecule has 0 aromatic carbocycles. The largest absolute Gasteiger partial charge is 0.394 e. The average Bonchev–Trinajstić information content (AvgIpc) is 2.40. The van der Waals surface area contributed by atoms with Crippen molar-refractivity contribution in [2.45, 2.75) is 31.8 Å². The summed E-state index contributed by atoms with van der Waals surface area (Å²) in [7, 11) is 1.93. The van der Waals surface area contributed by atoms with Crippen molar-refractivity contribution in [3.05, 3.63) is 23.9 Å². The maximum atomic E-state index is 9.38. The summed E-state index contributed by atoms with van der Waals surface area (Å²) >= 11 is 0. The lowest BCUT2D eigenvalue weighted by Crippen LogP contribution is -2.42. The summed E-state index contributed by atoms with van der Waals surface area (Å²) in [5.74, 6) is 0.989. The second-order valence-electron chi connectivity index (χ2n) is 4.58. The van der Waals surface area contributed by atoms with Gasteiger partial charge in [-0.2, -0.15) is 0 Å². The van der Waals surface area contributed by atoms with Crippen molar-refractivity contribution < 1.29 is 5.11 Å². The fraction of sp³-hybridized carbons (Fsp3) is 0.615. The van der Waals surface area contributed by atoms with Gasteiger partial charge in [-0.25, -0.2) is 4.98 Å². The van der Waals surface area contributed by atoms with Gasteiger partial charge >= 0.3 is 0 Å². The normalized spacial score (nSPS) is 20.6. The zero-order valence-electron chi connectivity index (χ0n) is 10.4. The van der Waals surface area contributed by atoms with Crippen LogP contribution in [0.15, 0.2) is 18.3 Å². The number of aliphatic hydroxyl groups excluding tert-OH is 1. The first-order valence-corrected chi connectivity index (χ1v) is 6.32. The molecule has 2 heterocycles. The highest BCUT2D eigenvalue weighted by molar-refractivity contribution is 5.41. The second kappa shape index (κ2) is 5.98. The number of hydrogen-bond donors (Lipinski definition) is 2. The molecule has 1 fully saturated rings. The van der Waals surface area contributed by atoms with E-state index in [2.05, 4.69) is 27.3 Å². The number of rotatable bonds is 4. The quantitative estimate of drug-likeness (QED) is 0.822. The maximum absolute atomic E-state index is 9.38. The molecule has 2 N–H and O–H groups in total. The van der Waals surface area contributed by atoms with Gasteiger partial charge in [0.1, 0.15) is 5.82 Å². The van der Waals surface area contributed by atoms with Crippen LogP contribution >= 0.6 is 0 Å². The number of hydrogen-bond acceptors (Lipinski definition) is 4. The van der Waals surface area contributed by atoms with Gasteiger partial charge in [0.2, 0.25) is 0 Å². The predicted molar refractivity (Wildman–Crippen MR) is 69.1 cm³/mol. The lowest BCUT2D eigenvalue weighted by Gasteiger charge is -2.35. The number of aliphatic hydroxyl groups is 1. The molecule has 4 nitrogen and oxygen atoms in total. The van der Waals surface area contributed by atoms with Crippen LogP contribution in [0.5, 0.6) is 0 Å². The number of piperidine rings is 1. The third kappa shape index (κ3) is 2.96. The highest BCUT2D eigenvalue weighted by Gasteiger charge is 2.22. The molecule has 1 aliphatic heterocycles. The van der Waals surface area contributed by atoms with Crippen LogP contribution in [0.2, 0.25) is 0 Å². The molecule has 1 saturated heterocycles. The minimum atomic E-state index is 0.222. The maximum Gasteiger partial charge on any atom is 0.128 e. The van der Waals surface area contributed by atoms with Gasteiger partial charge in [0.05, 0.1) is 12.6 Å². The minimum absolute atomic E-state index is 0.222. The van der Waals surface area contributed by atoms with Crippen LogP contribution in [0.4, 0.5) is 5.82 Å². The zero-order chi connectivity index (χ0) is 12.1. The van der Waals surface area contributed by atoms with E-state index in [0.29, 0.717) is 0 Å². The summed E-state index contributed by atoms with van der Waals surface area (Å²) in [5.41, 5.74) is 1.19. The first-order valence-electron chi connectivity index (χ1n) is 6.32. The monoisotopic (exact) mass is 235 g/mol. The van der Waals surface area contributed by atoms with Crippen LogP contribution in [-0.4, -0.2) is 36.3 Å². The van der Waals surface area contributed by atoms with Crippen molar-refractivity contribution in [1.29, 1.82) is 0 Å². The van der Waals surface area contributed by atoms with Crippen LogP contribution in [0.25, 0.3) is 0 Å². The molecule has 0 amide bonds. The third-order valence-corrected chi connectivity index (χ3v) is 3.32. The standard InChI is InChI=1S/C13H21N3O/c1-14-8-11-5-6-13(15-9-11)16-7-3-2-4-12(16)10-17/h5-6,9,12,14,17H,2-4,7-8,10H2,1H3. The van der Waals surface area contributed by atoms with Gasteiger partial charge in [-0.05, 0) is 37.9 Å². The summed E-state index contributed by atoms with van der Waals surface area (Å²) in [6, 6.07) is 4.40. The van der Waals surface area contributed by atoms with Gasteiger partial charge in [-0.1, -0.05) is 6.07 Å². The van der Waals surface area contributed by atoms with Crippen molar-refractivity contribution in [2.75, 3.05) is 25.1 Å². The van der Waals surface area contributed by atoms with E-state index < -0.39 is 0 Å². The third-order valence-electron chi connectivity index (χ3n) is 3.32. The van der Waals surface area contributed by atoms with E-state index in [1.807, 2.05) is 13.2 Å². The van der Waals surface area contributed by atoms with Gasteiger partial charge in [0.15, 0.2) is 0 Å². The molecule has 1 atom stereocenters. The summed E-state index contributed by atoms with van der Waals surface area (Å²) in [5, 5.41) is 12.5. The molecule has 4 heteroatoms. The Morgan fingerprint density at radius 2 is 2.35 bits per heavy atom. The van der Waals surface area contributed by atoms with Gasteiger partial charge in [-0.3, -0.25) is 0 Å². The van der Waals surface area contributed by atoms with E-state index in [1.165, 1.54) is 18.4 Å². The SMILES string of the molecule is CNCc1ccc(N2CCCCC2CO)nc1. The van der Waals surface area contributed by atoms with Crippen molar-refractivity contribution in [3.63, 3.8) is 0 Å². The molecular formula is C13H21N3O. The van der Waals surface area contributed by atoms with Crippen LogP contribution in [-0.2, 0) is 6.54 Å². The fourth-order valence-corrected chi connectivity index (χ4v) is 2.39. The van der Waals surface area contributed by atoms with Crippen LogP contribution in [0, 0.1) is 0 Å². The topological polar surface area (TPSA) is 48.4 Å². The molecule has 1 aromatic rings. The van der Waals surface area contributed by atoms with E-state index in [1.54, 1.807) is 0 Å². The molecule has 0 radical (unpaired) electrons. The molecule has 1 aliphatic rings. The lowest BCUT2D eigenvalue weighted by molar-refractivity contribution is 0.239. The Morgan fingerprint density at radius 1 is 1.47 bits per heavy atom. The molecule has 0 bridgehead atoms. The Morgan fingerprint density at radius 3 is 3.00 bits per heavy atom. The van der Waals surface area contributed by atoms with Crippen molar-refractivity contribution in [1.82, 2.24) is 10.3 Å². The number of nitrogens with one attached hydrogen (secondary N) is 1. The van der Waals surface area contributed by atoms with Gasteiger partial charge in [0.25, 0.3) is 0 Å². The lowest BCUT2D eigenvalue weighted by atomic mass is 10.0. The van der Waals surface area contributed by atoms with Gasteiger partial charge in [0, 0.05) is 19.3 Å². The molecular weight excluding hydrogens is 214 g/mol. The Labute approximate surface area is 103 Å². The second-order valence-corrected chi connectivity index (χ2v) is 4.58. The van der Waals surface area contributed by atoms with E-state index in [4.69, 9.17) is 0 Å². The molecule has 1 unspecified atom stereocenters. The molecule has 1 aromatic heterocycles. The van der Waals surface area contributed by atoms with E-state index in [9.17, 15) is 5.11 Å². The van der Waals surface area contributed by atoms with Crippen molar-refractivity contribution in [3.8, 4) is 0 Å². The molecule has 94 valence electrons. The number of anilines is 1. The minimum Gasteiger partial charge on any atom is -0.394 e. The van der Waals surface area contributed by atoms with Crippen LogP contribution < -0.4 is 10.2 Å². The first kappa shape index (κ1) is 12.3. The molecule has 0 saturated carbocycles. The molecule has 2 rings (SSSR count). The van der Waals surface area contributed by atoms with Gasteiger partial charge < -0.3 is 15.3 Å². The van der Waals surface area contributed by atoms with Crippen LogP contribution in [0.3, 0.4) is 0 Å². The number of aromatic nitrogens is 1. The van der Waals surface area contributed by atoms with Crippen molar-refractivity contribution in [2.24, 2.45) is 0 Å². The summed E-state index contributed by atoms with van der Waals surface area (Å²) < 4.78 is 0. The highest BCUT2D eigenvalue weighted by atomic mass is 16.3. The van der Waals surface area contributed by atoms with E-state index in [-0.39, 0.29) is 12.6 Å². The summed E-state index contributed by atoms with van der Waals surface area (Å²) in [6.07, 6.45) is 5.38. The number of pyridine rings is 1. The van der Waals surface area contributed by atoms with Gasteiger partial charge in [-0.15, -0.1) is 0 Å². The van der Waals surface area contributed by atoms with Crippen molar-refractivity contribution >= 4 is 5.82 Å². The highest BCUT2D eigenvalue weighted by Crippen LogP contribution is 2.22. The molecule has 0 aliphatic carbocycles. The Kier molecular flexibility index (Phi) is 4.34. The summed E-state index contributed by atoms with van der Waals surface area (Å²) in [4.78, 5) is 6.72. The van der Waals surface area contributed by atoms with E-state index >= 15 is 0 Å². The molecule has 0 spiro atoms. The smallest absolute Gasteiger partial charge is 0.128 e. The first-order chi connectivity index (χ1) is 8.35. The zero-order valence-corrected chi connectivity index (χ0v) is 10.4. The van der Waals surface area contributed by atoms with E-state index in [0.717, 1.165) is 25.3 Å². The molecule has 17 heavy (non-hydrogen) atoms. The predicted octanol–water partition coefficient (Wildman–Crippen LogP) is 1.15. The van der Waals surface area contributed by atoms with Crippen LogP contribution in [0.1, 0.15) is 24.8 Å².